The van der Waals surface area contributed by atoms with Gasteiger partial charge in [0.15, 0.2) is 0 Å². The van der Waals surface area contributed by atoms with E-state index in [1.54, 1.807) is 22.7 Å². The van der Waals surface area contributed by atoms with Gasteiger partial charge in [-0.15, -0.1) is 0 Å². The van der Waals surface area contributed by atoms with Gasteiger partial charge in [-0.25, -0.2) is 9.78 Å². The fourth-order valence-corrected chi connectivity index (χ4v) is 2.87. The number of carboxylic acid groups (broad SMARTS) is 1. The van der Waals surface area contributed by atoms with Crippen molar-refractivity contribution >= 4 is 11.5 Å². The zero-order chi connectivity index (χ0) is 13.4. The molecule has 0 aromatic carbocycles. The van der Waals surface area contributed by atoms with Crippen LogP contribution in [0.1, 0.15) is 29.2 Å². The van der Waals surface area contributed by atoms with Gasteiger partial charge in [-0.05, 0) is 38.6 Å². The van der Waals surface area contributed by atoms with Gasteiger partial charge in [-0.3, -0.25) is 4.40 Å². The molecule has 0 radical (unpaired) electrons. The predicted octanol–water partition coefficient (Wildman–Crippen LogP) is 1.67. The maximum atomic E-state index is 11.3. The molecule has 1 unspecified atom stereocenters. The van der Waals surface area contributed by atoms with Crippen LogP contribution in [0.25, 0.3) is 5.52 Å². The lowest BCUT2D eigenvalue weighted by Gasteiger charge is -2.18. The van der Waals surface area contributed by atoms with Crippen LogP contribution in [0.15, 0.2) is 24.4 Å². The average molecular weight is 259 g/mol. The van der Waals surface area contributed by atoms with Crippen LogP contribution in [-0.4, -0.2) is 45.0 Å². The molecule has 0 saturated carbocycles. The Balaban J connectivity index is 2.01. The van der Waals surface area contributed by atoms with Gasteiger partial charge in [0.1, 0.15) is 11.5 Å². The number of hydrogen-bond donors (Lipinski definition) is 1. The topological polar surface area (TPSA) is 57.8 Å². The molecule has 0 bridgehead atoms. The van der Waals surface area contributed by atoms with E-state index in [0.717, 1.165) is 30.7 Å². The summed E-state index contributed by atoms with van der Waals surface area (Å²) in [7, 11) is 2.12. The highest BCUT2D eigenvalue weighted by Crippen LogP contribution is 2.20. The summed E-state index contributed by atoms with van der Waals surface area (Å²) >= 11 is 0. The van der Waals surface area contributed by atoms with E-state index in [2.05, 4.69) is 16.9 Å². The van der Waals surface area contributed by atoms with Crippen molar-refractivity contribution in [2.45, 2.75) is 25.3 Å². The Morgan fingerprint density at radius 3 is 3.05 bits per heavy atom. The summed E-state index contributed by atoms with van der Waals surface area (Å²) in [6, 6.07) is 5.74. The Hall–Kier alpha value is -1.88. The maximum absolute atomic E-state index is 11.3. The van der Waals surface area contributed by atoms with Crippen molar-refractivity contribution in [3.05, 3.63) is 35.9 Å². The molecule has 3 heterocycles. The number of carboxylic acids is 1. The molecule has 0 amide bonds. The standard InChI is InChI=1S/C14H17N3O2/c1-16-7-3-5-10(16)8-13-15-9-11-4-2-6-12(14(18)19)17(11)13/h2,4,6,9-10H,3,5,7-8H2,1H3,(H,18,19). The van der Waals surface area contributed by atoms with Crippen LogP contribution in [0.4, 0.5) is 0 Å². The number of likely N-dealkylation sites (tertiary alicyclic amines) is 1. The van der Waals surface area contributed by atoms with Crippen molar-refractivity contribution in [1.82, 2.24) is 14.3 Å². The first-order valence-electron chi connectivity index (χ1n) is 6.55. The highest BCUT2D eigenvalue weighted by atomic mass is 16.4. The number of carbonyl (C=O) groups is 1. The Morgan fingerprint density at radius 2 is 2.37 bits per heavy atom. The summed E-state index contributed by atoms with van der Waals surface area (Å²) in [6.07, 6.45) is 4.91. The molecular formula is C14H17N3O2. The van der Waals surface area contributed by atoms with Gasteiger partial charge < -0.3 is 10.0 Å². The van der Waals surface area contributed by atoms with Crippen LogP contribution in [0.3, 0.4) is 0 Å². The van der Waals surface area contributed by atoms with Gasteiger partial charge in [0.05, 0.1) is 11.7 Å². The van der Waals surface area contributed by atoms with Crippen LogP contribution < -0.4 is 0 Å². The van der Waals surface area contributed by atoms with Gasteiger partial charge in [0.25, 0.3) is 0 Å². The number of hydrogen-bond acceptors (Lipinski definition) is 3. The third-order valence-electron chi connectivity index (χ3n) is 3.93. The number of aromatic nitrogens is 2. The second-order valence-corrected chi connectivity index (χ2v) is 5.13. The Kier molecular flexibility index (Phi) is 2.98. The minimum absolute atomic E-state index is 0.283. The highest BCUT2D eigenvalue weighted by molar-refractivity contribution is 5.86. The van der Waals surface area contributed by atoms with Gasteiger partial charge in [-0.2, -0.15) is 0 Å². The van der Waals surface area contributed by atoms with Gasteiger partial charge in [0, 0.05) is 12.5 Å². The lowest BCUT2D eigenvalue weighted by Crippen LogP contribution is -2.28. The molecule has 5 nitrogen and oxygen atoms in total. The Labute approximate surface area is 111 Å². The molecule has 2 aromatic heterocycles. The molecule has 1 fully saturated rings. The first kappa shape index (κ1) is 12.2. The number of fused-ring (bicyclic) bond motifs is 1. The second-order valence-electron chi connectivity index (χ2n) is 5.13. The number of imidazole rings is 1. The van der Waals surface area contributed by atoms with Crippen LogP contribution in [-0.2, 0) is 6.42 Å². The molecule has 1 saturated heterocycles. The summed E-state index contributed by atoms with van der Waals surface area (Å²) in [5.41, 5.74) is 1.13. The van der Waals surface area contributed by atoms with E-state index in [-0.39, 0.29) is 5.69 Å². The van der Waals surface area contributed by atoms with Crippen LogP contribution in [0.2, 0.25) is 0 Å². The average Bonchev–Trinajstić information content (AvgIpc) is 2.97. The molecule has 1 atom stereocenters. The molecule has 1 aliphatic heterocycles. The minimum Gasteiger partial charge on any atom is -0.477 e. The minimum atomic E-state index is -0.912. The fraction of sp³-hybridized carbons (Fsp3) is 0.429. The van der Waals surface area contributed by atoms with E-state index in [9.17, 15) is 9.90 Å². The highest BCUT2D eigenvalue weighted by Gasteiger charge is 2.23. The molecule has 0 spiro atoms. The molecule has 19 heavy (non-hydrogen) atoms. The van der Waals surface area contributed by atoms with E-state index in [1.807, 2.05) is 6.07 Å². The van der Waals surface area contributed by atoms with Crippen molar-refractivity contribution in [2.75, 3.05) is 13.6 Å². The normalized spacial score (nSPS) is 20.2. The molecule has 1 aliphatic rings. The van der Waals surface area contributed by atoms with Crippen molar-refractivity contribution in [1.29, 1.82) is 0 Å². The molecule has 100 valence electrons. The number of likely N-dealkylation sites (N-methyl/N-ethyl adjacent to an activating group) is 1. The molecular weight excluding hydrogens is 242 g/mol. The predicted molar refractivity (Wildman–Crippen MR) is 71.5 cm³/mol. The van der Waals surface area contributed by atoms with E-state index in [4.69, 9.17) is 0 Å². The fourth-order valence-electron chi connectivity index (χ4n) is 2.87. The van der Waals surface area contributed by atoms with Gasteiger partial charge in [-0.1, -0.05) is 6.07 Å². The molecule has 1 N–H and O–H groups in total. The summed E-state index contributed by atoms with van der Waals surface area (Å²) in [6.45, 7) is 1.11. The number of aromatic carboxylic acids is 1. The van der Waals surface area contributed by atoms with Crippen LogP contribution >= 0.6 is 0 Å². The van der Waals surface area contributed by atoms with Gasteiger partial charge >= 0.3 is 5.97 Å². The van der Waals surface area contributed by atoms with E-state index in [1.165, 1.54) is 6.42 Å². The molecule has 5 heteroatoms. The maximum Gasteiger partial charge on any atom is 0.352 e. The summed E-state index contributed by atoms with van der Waals surface area (Å²) in [4.78, 5) is 18.0. The summed E-state index contributed by atoms with van der Waals surface area (Å²) in [5, 5.41) is 9.28. The molecule has 3 rings (SSSR count). The molecule has 2 aromatic rings. The van der Waals surface area contributed by atoms with Crippen LogP contribution in [0, 0.1) is 0 Å². The number of rotatable bonds is 3. The van der Waals surface area contributed by atoms with E-state index >= 15 is 0 Å². The third-order valence-corrected chi connectivity index (χ3v) is 3.93. The summed E-state index contributed by atoms with van der Waals surface area (Å²) < 4.78 is 1.76. The Bertz CT molecular complexity index is 620. The largest absolute Gasteiger partial charge is 0.477 e. The first-order valence-corrected chi connectivity index (χ1v) is 6.55. The SMILES string of the molecule is CN1CCCC1Cc1ncc2cccc(C(=O)O)n12. The third kappa shape index (κ3) is 2.10. The lowest BCUT2D eigenvalue weighted by atomic mass is 10.1. The van der Waals surface area contributed by atoms with Crippen molar-refractivity contribution in [3.8, 4) is 0 Å². The quantitative estimate of drug-likeness (QED) is 0.911. The van der Waals surface area contributed by atoms with Crippen molar-refractivity contribution in [2.24, 2.45) is 0 Å². The smallest absolute Gasteiger partial charge is 0.352 e. The second kappa shape index (κ2) is 4.66. The van der Waals surface area contributed by atoms with E-state index in [0.29, 0.717) is 6.04 Å². The zero-order valence-electron chi connectivity index (χ0n) is 10.9. The Morgan fingerprint density at radius 1 is 1.53 bits per heavy atom. The monoisotopic (exact) mass is 259 g/mol. The van der Waals surface area contributed by atoms with Gasteiger partial charge in [0.2, 0.25) is 0 Å². The zero-order valence-corrected chi connectivity index (χ0v) is 10.9. The van der Waals surface area contributed by atoms with Crippen molar-refractivity contribution < 1.29 is 9.90 Å². The van der Waals surface area contributed by atoms with Crippen LogP contribution in [0.5, 0.6) is 0 Å². The summed E-state index contributed by atoms with van der Waals surface area (Å²) in [5.74, 6) is -0.0728. The number of pyridine rings is 1. The first-order chi connectivity index (χ1) is 9.16. The van der Waals surface area contributed by atoms with E-state index < -0.39 is 5.97 Å². The van der Waals surface area contributed by atoms with Crippen molar-refractivity contribution in [3.63, 3.8) is 0 Å². The number of nitrogens with zero attached hydrogens (tertiary/aromatic N) is 3. The molecule has 0 aliphatic carbocycles. The lowest BCUT2D eigenvalue weighted by molar-refractivity contribution is 0.0688.